The third-order valence-corrected chi connectivity index (χ3v) is 4.20. The van der Waals surface area contributed by atoms with Crippen molar-refractivity contribution in [3.05, 3.63) is 40.1 Å². The van der Waals surface area contributed by atoms with Crippen LogP contribution in [-0.2, 0) is 4.79 Å². The minimum atomic E-state index is -0.103. The standard InChI is InChI=1S/C14H13Cl2N5O/c15-9-2-1-3-11(12(9)16)21-13(8-4-5-8)10(6-19-21)20-14(17)18-7-22/h1-3,6-8H,4-5H2,(H3,17,18,20,22). The molecule has 22 heavy (non-hydrogen) atoms. The van der Waals surface area contributed by atoms with Gasteiger partial charge in [0.1, 0.15) is 0 Å². The number of hydrogen-bond donors (Lipinski definition) is 3. The molecule has 6 nitrogen and oxygen atoms in total. The zero-order chi connectivity index (χ0) is 15.7. The molecule has 1 fully saturated rings. The molecule has 1 aliphatic rings. The van der Waals surface area contributed by atoms with Gasteiger partial charge in [0, 0.05) is 5.92 Å². The number of nitrogens with zero attached hydrogens (tertiary/aromatic N) is 2. The molecule has 0 bridgehead atoms. The molecule has 1 amide bonds. The Bertz CT molecular complexity index is 739. The Morgan fingerprint density at radius 2 is 2.18 bits per heavy atom. The van der Waals surface area contributed by atoms with E-state index in [1.54, 1.807) is 16.9 Å². The molecule has 1 aliphatic carbocycles. The zero-order valence-electron chi connectivity index (χ0n) is 11.4. The Hall–Kier alpha value is -2.05. The van der Waals surface area contributed by atoms with Crippen LogP contribution in [0.5, 0.6) is 0 Å². The molecule has 2 aromatic rings. The molecule has 114 valence electrons. The van der Waals surface area contributed by atoms with E-state index in [1.807, 2.05) is 12.1 Å². The minimum absolute atomic E-state index is 0.103. The second-order valence-corrected chi connectivity index (χ2v) is 5.75. The number of guanidine groups is 1. The van der Waals surface area contributed by atoms with Gasteiger partial charge < -0.3 is 5.32 Å². The average Bonchev–Trinajstić information content (AvgIpc) is 3.24. The molecule has 0 spiro atoms. The number of carbonyl (C=O) groups excluding carboxylic acids is 1. The summed E-state index contributed by atoms with van der Waals surface area (Å²) in [5.41, 5.74) is 2.30. The summed E-state index contributed by atoms with van der Waals surface area (Å²) >= 11 is 12.3. The van der Waals surface area contributed by atoms with Gasteiger partial charge in [-0.2, -0.15) is 5.10 Å². The molecular formula is C14H13Cl2N5O. The van der Waals surface area contributed by atoms with Gasteiger partial charge in [0.25, 0.3) is 0 Å². The van der Waals surface area contributed by atoms with Gasteiger partial charge in [-0.15, -0.1) is 0 Å². The molecule has 3 N–H and O–H groups in total. The van der Waals surface area contributed by atoms with Crippen LogP contribution < -0.4 is 10.6 Å². The number of rotatable bonds is 4. The average molecular weight is 338 g/mol. The Labute approximate surface area is 136 Å². The highest BCUT2D eigenvalue weighted by molar-refractivity contribution is 6.43. The maximum atomic E-state index is 10.4. The van der Waals surface area contributed by atoms with E-state index in [2.05, 4.69) is 15.7 Å². The van der Waals surface area contributed by atoms with Crippen LogP contribution in [0.25, 0.3) is 5.69 Å². The summed E-state index contributed by atoms with van der Waals surface area (Å²) in [6.07, 6.45) is 4.16. The van der Waals surface area contributed by atoms with E-state index >= 15 is 0 Å². The summed E-state index contributed by atoms with van der Waals surface area (Å²) in [7, 11) is 0. The Morgan fingerprint density at radius 3 is 2.86 bits per heavy atom. The molecule has 1 aromatic carbocycles. The van der Waals surface area contributed by atoms with Crippen molar-refractivity contribution in [2.24, 2.45) is 0 Å². The van der Waals surface area contributed by atoms with Gasteiger partial charge in [-0.1, -0.05) is 29.3 Å². The summed E-state index contributed by atoms with van der Waals surface area (Å²) < 4.78 is 1.74. The number of benzene rings is 1. The molecule has 1 saturated carbocycles. The predicted molar refractivity (Wildman–Crippen MR) is 86.1 cm³/mol. The van der Waals surface area contributed by atoms with Gasteiger partial charge in [-0.3, -0.25) is 15.5 Å². The molecule has 0 radical (unpaired) electrons. The molecule has 0 aliphatic heterocycles. The molecule has 0 saturated heterocycles. The largest absolute Gasteiger partial charge is 0.323 e. The van der Waals surface area contributed by atoms with Crippen LogP contribution in [0.15, 0.2) is 24.4 Å². The van der Waals surface area contributed by atoms with E-state index in [1.165, 1.54) is 0 Å². The second kappa shape index (κ2) is 5.98. The van der Waals surface area contributed by atoms with E-state index < -0.39 is 0 Å². The van der Waals surface area contributed by atoms with Crippen molar-refractivity contribution < 1.29 is 4.79 Å². The molecule has 1 aromatic heterocycles. The lowest BCUT2D eigenvalue weighted by Crippen LogP contribution is -2.28. The molecule has 8 heteroatoms. The maximum Gasteiger partial charge on any atom is 0.213 e. The summed E-state index contributed by atoms with van der Waals surface area (Å²) in [6, 6.07) is 5.37. The number of anilines is 1. The predicted octanol–water partition coefficient (Wildman–Crippen LogP) is 3.15. The number of amides is 1. The van der Waals surface area contributed by atoms with Crippen molar-refractivity contribution >= 4 is 41.3 Å². The highest BCUT2D eigenvalue weighted by Crippen LogP contribution is 2.45. The second-order valence-electron chi connectivity index (χ2n) is 4.96. The first-order valence-electron chi connectivity index (χ1n) is 6.70. The normalized spacial score (nSPS) is 13.7. The van der Waals surface area contributed by atoms with Crippen LogP contribution in [-0.4, -0.2) is 22.2 Å². The van der Waals surface area contributed by atoms with E-state index in [4.69, 9.17) is 28.6 Å². The number of halogens is 2. The first-order valence-corrected chi connectivity index (χ1v) is 7.45. The van der Waals surface area contributed by atoms with E-state index in [0.717, 1.165) is 18.5 Å². The van der Waals surface area contributed by atoms with Crippen LogP contribution in [0.4, 0.5) is 5.69 Å². The quantitative estimate of drug-likeness (QED) is 0.455. The number of nitrogens with one attached hydrogen (secondary N) is 3. The maximum absolute atomic E-state index is 10.4. The smallest absolute Gasteiger partial charge is 0.213 e. The highest BCUT2D eigenvalue weighted by atomic mass is 35.5. The number of carbonyl (C=O) groups is 1. The SMILES string of the molecule is N=C(NC=O)Nc1cnn(-c2cccc(Cl)c2Cl)c1C1CC1. The van der Waals surface area contributed by atoms with Crippen molar-refractivity contribution in [1.82, 2.24) is 15.1 Å². The molecular weight excluding hydrogens is 325 g/mol. The zero-order valence-corrected chi connectivity index (χ0v) is 12.9. The van der Waals surface area contributed by atoms with Crippen molar-refractivity contribution in [3.63, 3.8) is 0 Å². The van der Waals surface area contributed by atoms with E-state index in [0.29, 0.717) is 33.7 Å². The fourth-order valence-electron chi connectivity index (χ4n) is 2.28. The minimum Gasteiger partial charge on any atom is -0.323 e. The van der Waals surface area contributed by atoms with Crippen LogP contribution in [0.3, 0.4) is 0 Å². The highest BCUT2D eigenvalue weighted by Gasteiger charge is 2.31. The fourth-order valence-corrected chi connectivity index (χ4v) is 2.66. The molecule has 0 atom stereocenters. The van der Waals surface area contributed by atoms with Crippen LogP contribution in [0.2, 0.25) is 10.0 Å². The van der Waals surface area contributed by atoms with Crippen molar-refractivity contribution in [2.45, 2.75) is 18.8 Å². The van der Waals surface area contributed by atoms with Gasteiger partial charge in [0.15, 0.2) is 5.96 Å². The van der Waals surface area contributed by atoms with Crippen molar-refractivity contribution in [1.29, 1.82) is 5.41 Å². The monoisotopic (exact) mass is 337 g/mol. The van der Waals surface area contributed by atoms with Crippen LogP contribution >= 0.6 is 23.2 Å². The van der Waals surface area contributed by atoms with Crippen LogP contribution in [0, 0.1) is 5.41 Å². The summed E-state index contributed by atoms with van der Waals surface area (Å²) in [5.74, 6) is 0.248. The Morgan fingerprint density at radius 1 is 1.41 bits per heavy atom. The van der Waals surface area contributed by atoms with Crippen LogP contribution in [0.1, 0.15) is 24.5 Å². The van der Waals surface area contributed by atoms with Crippen molar-refractivity contribution in [3.8, 4) is 5.69 Å². The third-order valence-electron chi connectivity index (χ3n) is 3.39. The molecule has 0 unspecified atom stereocenters. The van der Waals surface area contributed by atoms with E-state index in [9.17, 15) is 4.79 Å². The van der Waals surface area contributed by atoms with Gasteiger partial charge in [0.05, 0.1) is 33.3 Å². The number of hydrogen-bond acceptors (Lipinski definition) is 3. The van der Waals surface area contributed by atoms with Gasteiger partial charge in [-0.25, -0.2) is 4.68 Å². The lowest BCUT2D eigenvalue weighted by molar-refractivity contribution is -0.108. The Balaban J connectivity index is 2.02. The third kappa shape index (κ3) is 2.80. The molecule has 3 rings (SSSR count). The summed E-state index contributed by atoms with van der Waals surface area (Å²) in [4.78, 5) is 10.4. The first-order chi connectivity index (χ1) is 10.6. The lowest BCUT2D eigenvalue weighted by atomic mass is 10.2. The van der Waals surface area contributed by atoms with E-state index in [-0.39, 0.29) is 5.96 Å². The Kier molecular flexibility index (Phi) is 4.04. The lowest BCUT2D eigenvalue weighted by Gasteiger charge is -2.12. The molecule has 1 heterocycles. The summed E-state index contributed by atoms with van der Waals surface area (Å²) in [5, 5.41) is 18.0. The van der Waals surface area contributed by atoms with Gasteiger partial charge in [0.2, 0.25) is 6.41 Å². The number of aromatic nitrogens is 2. The van der Waals surface area contributed by atoms with Crippen molar-refractivity contribution in [2.75, 3.05) is 5.32 Å². The first kappa shape index (κ1) is 14.9. The topological polar surface area (TPSA) is 82.8 Å². The van der Waals surface area contributed by atoms with Gasteiger partial charge in [-0.05, 0) is 25.0 Å². The van der Waals surface area contributed by atoms with Gasteiger partial charge >= 0.3 is 0 Å². The summed E-state index contributed by atoms with van der Waals surface area (Å²) in [6.45, 7) is 0. The fraction of sp³-hybridized carbons (Fsp3) is 0.214.